The number of rotatable bonds is 4. The number of nitrogens with zero attached hydrogens (tertiary/aromatic N) is 5. The number of halogens is 1. The lowest BCUT2D eigenvalue weighted by atomic mass is 9.92. The summed E-state index contributed by atoms with van der Waals surface area (Å²) in [6.45, 7) is 5.99. The summed E-state index contributed by atoms with van der Waals surface area (Å²) in [5.74, 6) is 0.162. The lowest BCUT2D eigenvalue weighted by Crippen LogP contribution is -2.16. The van der Waals surface area contributed by atoms with Crippen LogP contribution in [0.4, 0.5) is 11.5 Å². The number of nitro groups is 1. The highest BCUT2D eigenvalue weighted by atomic mass is 79.9. The molecule has 1 N–H and O–H groups in total. The van der Waals surface area contributed by atoms with Gasteiger partial charge in [0.25, 0.3) is 17.5 Å². The summed E-state index contributed by atoms with van der Waals surface area (Å²) in [6.07, 6.45) is 3.15. The van der Waals surface area contributed by atoms with Crippen LogP contribution in [0.1, 0.15) is 36.8 Å². The molecule has 0 aliphatic rings. The lowest BCUT2D eigenvalue weighted by Gasteiger charge is -2.13. The summed E-state index contributed by atoms with van der Waals surface area (Å²) in [4.78, 5) is 31.6. The Hall–Kier alpha value is -3.14. The minimum Gasteiger partial charge on any atom is -0.306 e. The molecule has 2 aromatic heterocycles. The number of hydrogen-bond acceptors (Lipinski definition) is 6. The van der Waals surface area contributed by atoms with Gasteiger partial charge in [0.15, 0.2) is 0 Å². The Bertz CT molecular complexity index is 1040. The SMILES string of the molecule is CC(C)(C)c1cc(NC(=O)c2ccc(Br)c([N+](=O)[O-])c2)n(-c2ncccn2)n1. The molecule has 0 saturated carbocycles. The van der Waals surface area contributed by atoms with Gasteiger partial charge in [-0.05, 0) is 34.1 Å². The first-order valence-corrected chi connectivity index (χ1v) is 9.09. The molecule has 0 bridgehead atoms. The Morgan fingerprint density at radius 1 is 1.21 bits per heavy atom. The van der Waals surface area contributed by atoms with Crippen LogP contribution in [-0.4, -0.2) is 30.6 Å². The topological polar surface area (TPSA) is 116 Å². The van der Waals surface area contributed by atoms with E-state index in [0.717, 1.165) is 5.69 Å². The number of nitrogens with one attached hydrogen (secondary N) is 1. The maximum Gasteiger partial charge on any atom is 0.284 e. The van der Waals surface area contributed by atoms with Crippen LogP contribution >= 0.6 is 15.9 Å². The molecule has 0 fully saturated rings. The van der Waals surface area contributed by atoms with Crippen LogP contribution in [0, 0.1) is 10.1 Å². The van der Waals surface area contributed by atoms with Crippen molar-refractivity contribution in [2.45, 2.75) is 26.2 Å². The minimum atomic E-state index is -0.555. The van der Waals surface area contributed by atoms with Crippen LogP contribution < -0.4 is 5.32 Å². The maximum absolute atomic E-state index is 12.7. The van der Waals surface area contributed by atoms with Crippen LogP contribution in [0.15, 0.2) is 47.2 Å². The number of carbonyl (C=O) groups excluding carboxylic acids is 1. The van der Waals surface area contributed by atoms with Crippen molar-refractivity contribution in [2.24, 2.45) is 0 Å². The molecule has 0 aliphatic carbocycles. The quantitative estimate of drug-likeness (QED) is 0.481. The third-order valence-corrected chi connectivity index (χ3v) is 4.54. The molecule has 144 valence electrons. The highest BCUT2D eigenvalue weighted by Crippen LogP contribution is 2.28. The molecule has 9 nitrogen and oxygen atoms in total. The van der Waals surface area contributed by atoms with Crippen molar-refractivity contribution < 1.29 is 9.72 Å². The molecular weight excluding hydrogens is 428 g/mol. The predicted octanol–water partition coefficient (Wildman–Crippen LogP) is 3.88. The van der Waals surface area contributed by atoms with Gasteiger partial charge in [0.05, 0.1) is 15.1 Å². The lowest BCUT2D eigenvalue weighted by molar-refractivity contribution is -0.385. The van der Waals surface area contributed by atoms with E-state index in [9.17, 15) is 14.9 Å². The molecule has 0 atom stereocenters. The number of aromatic nitrogens is 4. The summed E-state index contributed by atoms with van der Waals surface area (Å²) in [5, 5.41) is 18.4. The summed E-state index contributed by atoms with van der Waals surface area (Å²) in [5.41, 5.74) is 0.421. The molecule has 2 heterocycles. The first-order valence-electron chi connectivity index (χ1n) is 8.30. The molecule has 0 aliphatic heterocycles. The summed E-state index contributed by atoms with van der Waals surface area (Å²) >= 11 is 3.11. The van der Waals surface area contributed by atoms with E-state index in [1.165, 1.54) is 22.9 Å². The molecule has 1 aromatic carbocycles. The third-order valence-electron chi connectivity index (χ3n) is 3.87. The molecule has 1 amide bonds. The predicted molar refractivity (Wildman–Crippen MR) is 107 cm³/mol. The summed E-state index contributed by atoms with van der Waals surface area (Å²) < 4.78 is 1.73. The fraction of sp³-hybridized carbons (Fsp3) is 0.222. The normalized spacial score (nSPS) is 11.3. The van der Waals surface area contributed by atoms with Crippen molar-refractivity contribution in [3.05, 3.63) is 68.6 Å². The first kappa shape index (κ1) is 19.6. The van der Waals surface area contributed by atoms with E-state index in [1.54, 1.807) is 24.5 Å². The van der Waals surface area contributed by atoms with E-state index in [4.69, 9.17) is 0 Å². The molecule has 28 heavy (non-hydrogen) atoms. The average molecular weight is 445 g/mol. The zero-order chi connectivity index (χ0) is 20.5. The Morgan fingerprint density at radius 3 is 2.50 bits per heavy atom. The van der Waals surface area contributed by atoms with Crippen LogP contribution in [0.3, 0.4) is 0 Å². The molecule has 3 rings (SSSR count). The molecule has 0 saturated heterocycles. The second-order valence-electron chi connectivity index (χ2n) is 7.00. The van der Waals surface area contributed by atoms with Crippen LogP contribution in [-0.2, 0) is 5.41 Å². The van der Waals surface area contributed by atoms with Crippen molar-refractivity contribution in [3.63, 3.8) is 0 Å². The van der Waals surface area contributed by atoms with Gasteiger partial charge in [0, 0.05) is 35.5 Å². The largest absolute Gasteiger partial charge is 0.306 e. The van der Waals surface area contributed by atoms with Crippen LogP contribution in [0.25, 0.3) is 5.95 Å². The molecule has 3 aromatic rings. The van der Waals surface area contributed by atoms with Gasteiger partial charge in [-0.3, -0.25) is 14.9 Å². The number of hydrogen-bond donors (Lipinski definition) is 1. The fourth-order valence-corrected chi connectivity index (χ4v) is 2.76. The molecule has 0 spiro atoms. The Morgan fingerprint density at radius 2 is 1.89 bits per heavy atom. The number of anilines is 1. The van der Waals surface area contributed by atoms with E-state index >= 15 is 0 Å². The van der Waals surface area contributed by atoms with Gasteiger partial charge in [0.2, 0.25) is 0 Å². The zero-order valence-electron chi connectivity index (χ0n) is 15.4. The maximum atomic E-state index is 12.7. The number of benzene rings is 1. The van der Waals surface area contributed by atoms with Crippen LogP contribution in [0.2, 0.25) is 0 Å². The van der Waals surface area contributed by atoms with Gasteiger partial charge < -0.3 is 5.32 Å². The molecule has 10 heteroatoms. The van der Waals surface area contributed by atoms with Gasteiger partial charge in [-0.15, -0.1) is 0 Å². The third kappa shape index (κ3) is 4.06. The number of nitro benzene ring substituents is 1. The second kappa shape index (κ2) is 7.47. The number of amides is 1. The van der Waals surface area contributed by atoms with Crippen molar-refractivity contribution in [1.82, 2.24) is 19.7 Å². The highest BCUT2D eigenvalue weighted by Gasteiger charge is 2.23. The summed E-state index contributed by atoms with van der Waals surface area (Å²) in [6, 6.07) is 7.59. The molecular formula is C18H17BrN6O3. The van der Waals surface area contributed by atoms with E-state index in [2.05, 4.69) is 36.3 Å². The smallest absolute Gasteiger partial charge is 0.284 e. The van der Waals surface area contributed by atoms with Crippen molar-refractivity contribution in [1.29, 1.82) is 0 Å². The van der Waals surface area contributed by atoms with Gasteiger partial charge in [0.1, 0.15) is 5.82 Å². The van der Waals surface area contributed by atoms with Crippen molar-refractivity contribution >= 4 is 33.3 Å². The Kier molecular flexibility index (Phi) is 5.23. The summed E-state index contributed by atoms with van der Waals surface area (Å²) in [7, 11) is 0. The number of carbonyl (C=O) groups is 1. The van der Waals surface area contributed by atoms with E-state index in [1.807, 2.05) is 20.8 Å². The van der Waals surface area contributed by atoms with Crippen molar-refractivity contribution in [2.75, 3.05) is 5.32 Å². The molecule has 0 radical (unpaired) electrons. The van der Waals surface area contributed by atoms with E-state index in [0.29, 0.717) is 16.2 Å². The average Bonchev–Trinajstić information content (AvgIpc) is 3.06. The zero-order valence-corrected chi connectivity index (χ0v) is 17.0. The van der Waals surface area contributed by atoms with Crippen LogP contribution in [0.5, 0.6) is 0 Å². The Balaban J connectivity index is 2.00. The van der Waals surface area contributed by atoms with Gasteiger partial charge in [-0.2, -0.15) is 9.78 Å². The van der Waals surface area contributed by atoms with Crippen molar-refractivity contribution in [3.8, 4) is 5.95 Å². The molecule has 0 unspecified atom stereocenters. The Labute approximate surface area is 169 Å². The van der Waals surface area contributed by atoms with E-state index in [-0.39, 0.29) is 16.7 Å². The van der Waals surface area contributed by atoms with Gasteiger partial charge in [-0.1, -0.05) is 20.8 Å². The second-order valence-corrected chi connectivity index (χ2v) is 7.86. The fourth-order valence-electron chi connectivity index (χ4n) is 2.37. The van der Waals surface area contributed by atoms with Gasteiger partial charge in [-0.25, -0.2) is 9.97 Å². The monoisotopic (exact) mass is 444 g/mol. The first-order chi connectivity index (χ1) is 13.2. The highest BCUT2D eigenvalue weighted by molar-refractivity contribution is 9.10. The minimum absolute atomic E-state index is 0.147. The standard InChI is InChI=1S/C18H17BrN6O3/c1-18(2,3)14-10-15(24(23-14)17-20-7-4-8-21-17)22-16(26)11-5-6-12(19)13(9-11)25(27)28/h4-10H,1-3H3,(H,22,26). The van der Waals surface area contributed by atoms with Gasteiger partial charge >= 0.3 is 0 Å². The van der Waals surface area contributed by atoms with E-state index < -0.39 is 10.8 Å².